The summed E-state index contributed by atoms with van der Waals surface area (Å²) in [4.78, 5) is 56.9. The van der Waals surface area contributed by atoms with Gasteiger partial charge in [-0.25, -0.2) is 0 Å². The average Bonchev–Trinajstić information content (AvgIpc) is 3.72. The van der Waals surface area contributed by atoms with Crippen molar-refractivity contribution in [2.45, 2.75) is 69.1 Å². The van der Waals surface area contributed by atoms with Gasteiger partial charge in [-0.05, 0) is 67.9 Å². The number of fused-ring (bicyclic) bond motifs is 3. The molecule has 5 atom stereocenters. The monoisotopic (exact) mass is 730 g/mol. The first-order valence-electron chi connectivity index (χ1n) is 16.4. The molecule has 10 nitrogen and oxygen atoms in total. The second-order valence-corrected chi connectivity index (χ2v) is 18.7. The molecule has 12 heteroatoms. The van der Waals surface area contributed by atoms with Gasteiger partial charge in [0.05, 0.1) is 54.7 Å². The summed E-state index contributed by atoms with van der Waals surface area (Å²) in [5.41, 5.74) is 0.741. The lowest BCUT2D eigenvalue weighted by molar-refractivity contribution is -0.150. The fourth-order valence-corrected chi connectivity index (χ4v) is 11.2. The van der Waals surface area contributed by atoms with E-state index in [9.17, 15) is 24.3 Å². The minimum atomic E-state index is -2.97. The number of rotatable bonds is 7. The van der Waals surface area contributed by atoms with Crippen LogP contribution in [0.15, 0.2) is 82.2 Å². The van der Waals surface area contributed by atoms with Gasteiger partial charge >= 0.3 is 0 Å². The number of hydrogen-bond acceptors (Lipinski definition) is 7. The highest BCUT2D eigenvalue weighted by Gasteiger charge is 2.66. The first-order chi connectivity index (χ1) is 22.9. The van der Waals surface area contributed by atoms with Crippen LogP contribution in [0.1, 0.15) is 37.3 Å². The fourth-order valence-electron chi connectivity index (χ4n) is 8.29. The van der Waals surface area contributed by atoms with E-state index in [1.807, 2.05) is 80.7 Å². The fraction of sp³-hybridized carbons (Fsp3) is 0.389. The summed E-state index contributed by atoms with van der Waals surface area (Å²) in [7, 11) is -2.97. The number of amides is 2. The summed E-state index contributed by atoms with van der Waals surface area (Å²) in [6.45, 7) is 6.33. The third-order valence-electron chi connectivity index (χ3n) is 10.4. The number of ether oxygens (including phenoxy) is 1. The molecule has 2 fully saturated rings. The Labute approximate surface area is 288 Å². The molecule has 0 saturated carbocycles. The normalized spacial score (nSPS) is 25.4. The molecule has 1 aromatic heterocycles. The second-order valence-electron chi connectivity index (χ2n) is 13.8. The summed E-state index contributed by atoms with van der Waals surface area (Å²) in [6.07, 6.45) is 2.59. The lowest BCUT2D eigenvalue weighted by atomic mass is 9.82. The van der Waals surface area contributed by atoms with Crippen LogP contribution in [0.3, 0.4) is 0 Å². The summed E-state index contributed by atoms with van der Waals surface area (Å²) in [5.74, 6) is -0.802. The number of hydrogen-bond donors (Lipinski definition) is 2. The van der Waals surface area contributed by atoms with Crippen LogP contribution in [0.4, 0.5) is 5.69 Å². The number of halogens is 1. The molecule has 1 spiro atoms. The Morgan fingerprint density at radius 1 is 1.10 bits per heavy atom. The molecule has 48 heavy (non-hydrogen) atoms. The van der Waals surface area contributed by atoms with Gasteiger partial charge in [-0.3, -0.25) is 14.4 Å². The van der Waals surface area contributed by atoms with E-state index in [1.54, 1.807) is 22.1 Å². The smallest absolute Gasteiger partial charge is 0.279 e. The zero-order chi connectivity index (χ0) is 34.0. The molecule has 0 unspecified atom stereocenters. The van der Waals surface area contributed by atoms with Crippen molar-refractivity contribution in [2.75, 3.05) is 18.1 Å². The van der Waals surface area contributed by atoms with Crippen molar-refractivity contribution in [3.05, 3.63) is 98.9 Å². The van der Waals surface area contributed by atoms with Gasteiger partial charge in [0.25, 0.3) is 11.5 Å². The highest BCUT2D eigenvalue weighted by molar-refractivity contribution is 9.10. The predicted molar refractivity (Wildman–Crippen MR) is 188 cm³/mol. The number of carbonyl (C=O) groups excluding carboxylic acids is 2. The van der Waals surface area contributed by atoms with Crippen LogP contribution in [0.5, 0.6) is 0 Å². The Hall–Kier alpha value is -3.68. The average molecular weight is 732 g/mol. The van der Waals surface area contributed by atoms with Gasteiger partial charge in [-0.2, -0.15) is 9.78 Å². The molecule has 2 N–H and O–H groups in total. The Morgan fingerprint density at radius 2 is 1.90 bits per heavy atom. The van der Waals surface area contributed by atoms with Gasteiger partial charge in [0.15, 0.2) is 13.9 Å². The Morgan fingerprint density at radius 3 is 2.67 bits per heavy atom. The molecule has 0 radical (unpaired) electrons. The van der Waals surface area contributed by atoms with Crippen molar-refractivity contribution in [3.8, 4) is 5.69 Å². The molecule has 2 saturated heterocycles. The maximum atomic E-state index is 14.8. The lowest BCUT2D eigenvalue weighted by Gasteiger charge is -2.32. The van der Waals surface area contributed by atoms with Crippen LogP contribution in [-0.4, -0.2) is 70.0 Å². The summed E-state index contributed by atoms with van der Waals surface area (Å²) >= 11 is 3.60. The van der Waals surface area contributed by atoms with Gasteiger partial charge in [0.2, 0.25) is 5.91 Å². The quantitative estimate of drug-likeness (QED) is 0.260. The van der Waals surface area contributed by atoms with Crippen molar-refractivity contribution in [3.63, 3.8) is 0 Å². The minimum absolute atomic E-state index is 0.0242. The largest absolute Gasteiger partial charge is 0.432 e. The van der Waals surface area contributed by atoms with Crippen molar-refractivity contribution in [1.29, 1.82) is 0 Å². The van der Waals surface area contributed by atoms with Crippen LogP contribution in [0.2, 0.25) is 18.6 Å². The van der Waals surface area contributed by atoms with Crippen molar-refractivity contribution >= 4 is 52.5 Å². The van der Waals surface area contributed by atoms with Gasteiger partial charge in [0.1, 0.15) is 0 Å². The number of aliphatic hydroxyl groups is 1. The Kier molecular flexibility index (Phi) is 8.44. The highest BCUT2D eigenvalue weighted by atomic mass is 79.9. The Bertz CT molecular complexity index is 1980. The third kappa shape index (κ3) is 5.34. The predicted octanol–water partition coefficient (Wildman–Crippen LogP) is 4.87. The highest BCUT2D eigenvalue weighted by Crippen LogP contribution is 2.60. The molecule has 3 aromatic carbocycles. The number of aliphatic hydroxyl groups excluding tert-OH is 1. The first-order valence-corrected chi connectivity index (χ1v) is 20.2. The van der Waals surface area contributed by atoms with E-state index in [-0.39, 0.29) is 43.0 Å². The SMILES string of the molecule is C[C@H]1[C@H]([Si](C)(C)O)[C@@H](CC(=O)N2CCC[C@H]2CO)O[C@]12C(=O)N(Cc1cccc(-n3ncc4ccccc4c3=O)c1)c1ccc(Br)cc12. The topological polar surface area (TPSA) is 125 Å². The van der Waals surface area contributed by atoms with E-state index < -0.39 is 31.5 Å². The van der Waals surface area contributed by atoms with E-state index in [2.05, 4.69) is 21.0 Å². The molecular weight excluding hydrogens is 692 g/mol. The number of benzene rings is 3. The summed E-state index contributed by atoms with van der Waals surface area (Å²) < 4.78 is 9.02. The van der Waals surface area contributed by atoms with Crippen LogP contribution >= 0.6 is 15.9 Å². The van der Waals surface area contributed by atoms with Gasteiger partial charge in [-0.1, -0.05) is 53.2 Å². The van der Waals surface area contributed by atoms with E-state index in [0.29, 0.717) is 28.9 Å². The van der Waals surface area contributed by atoms with E-state index in [4.69, 9.17) is 4.74 Å². The van der Waals surface area contributed by atoms with Crippen LogP contribution < -0.4 is 10.5 Å². The van der Waals surface area contributed by atoms with Gasteiger partial charge in [0, 0.05) is 33.4 Å². The molecule has 4 aromatic rings. The summed E-state index contributed by atoms with van der Waals surface area (Å²) in [5, 5.41) is 15.6. The second kappa shape index (κ2) is 12.3. The number of aromatic nitrogens is 2. The zero-order valence-electron chi connectivity index (χ0n) is 27.2. The molecule has 0 bridgehead atoms. The first kappa shape index (κ1) is 32.8. The maximum absolute atomic E-state index is 14.8. The molecule has 3 aliphatic rings. The van der Waals surface area contributed by atoms with Crippen LogP contribution in [-0.2, 0) is 26.5 Å². The van der Waals surface area contributed by atoms with Crippen LogP contribution in [0.25, 0.3) is 16.5 Å². The number of likely N-dealkylation sites (tertiary alicyclic amines) is 1. The Balaban J connectivity index is 1.24. The molecule has 250 valence electrons. The van der Waals surface area contributed by atoms with Gasteiger partial charge < -0.3 is 24.4 Å². The molecule has 2 amide bonds. The van der Waals surface area contributed by atoms with Crippen molar-refractivity contribution < 1.29 is 24.2 Å². The van der Waals surface area contributed by atoms with E-state index in [0.717, 1.165) is 28.3 Å². The number of nitrogens with zero attached hydrogens (tertiary/aromatic N) is 4. The molecule has 7 rings (SSSR count). The number of anilines is 1. The number of carbonyl (C=O) groups is 2. The lowest BCUT2D eigenvalue weighted by Crippen LogP contribution is -2.46. The van der Waals surface area contributed by atoms with Crippen molar-refractivity contribution in [2.24, 2.45) is 5.92 Å². The maximum Gasteiger partial charge on any atom is 0.279 e. The van der Waals surface area contributed by atoms with Crippen molar-refractivity contribution in [1.82, 2.24) is 14.7 Å². The van der Waals surface area contributed by atoms with E-state index in [1.165, 1.54) is 4.68 Å². The minimum Gasteiger partial charge on any atom is -0.432 e. The molecule has 4 heterocycles. The van der Waals surface area contributed by atoms with E-state index >= 15 is 0 Å². The third-order valence-corrected chi connectivity index (χ3v) is 13.4. The van der Waals surface area contributed by atoms with Crippen LogP contribution in [0, 0.1) is 5.92 Å². The molecule has 0 aliphatic carbocycles. The molecular formula is C36H39BrN4O6Si. The summed E-state index contributed by atoms with van der Waals surface area (Å²) in [6, 6.07) is 20.2. The zero-order valence-corrected chi connectivity index (χ0v) is 29.8. The van der Waals surface area contributed by atoms with Gasteiger partial charge in [-0.15, -0.1) is 0 Å². The molecule has 3 aliphatic heterocycles. The standard InChI is InChI=1S/C36H39BrN4O6Si/c1-22-33(48(2,3)46)31(18-32(43)39-15-7-11-27(39)21-42)47-36(22)29-17-25(37)13-14-30(29)40(35(36)45)20-23-8-6-10-26(16-23)41-34(44)28-12-5-4-9-24(28)19-38-41/h4-6,8-10,12-14,16-17,19,22,27,31,33,42,46H,7,11,15,18,20-21H2,1-3H3/t22-,27-,31+,33-,36+/m0/s1.